The zero-order valence-corrected chi connectivity index (χ0v) is 7.83. The summed E-state index contributed by atoms with van der Waals surface area (Å²) in [7, 11) is 0. The Bertz CT molecular complexity index is 264. The van der Waals surface area contributed by atoms with E-state index in [0.29, 0.717) is 12.5 Å². The lowest BCUT2D eigenvalue weighted by atomic mass is 10.1. The van der Waals surface area contributed by atoms with Gasteiger partial charge in [0.15, 0.2) is 5.89 Å². The molecular weight excluding hydrogens is 164 g/mol. The van der Waals surface area contributed by atoms with Crippen molar-refractivity contribution in [1.29, 1.82) is 0 Å². The summed E-state index contributed by atoms with van der Waals surface area (Å²) in [5.74, 6) is 1.44. The quantitative estimate of drug-likeness (QED) is 0.772. The van der Waals surface area contributed by atoms with Crippen LogP contribution in [0.2, 0.25) is 0 Å². The van der Waals surface area contributed by atoms with E-state index in [4.69, 9.17) is 10.2 Å². The minimum atomic E-state index is 0.616. The lowest BCUT2D eigenvalue weighted by Gasteiger charge is -2.01. The molecule has 0 aliphatic heterocycles. The van der Waals surface area contributed by atoms with E-state index in [1.807, 2.05) is 0 Å². The van der Waals surface area contributed by atoms with Gasteiger partial charge in [-0.05, 0) is 12.8 Å². The van der Waals surface area contributed by atoms with Crippen molar-refractivity contribution in [3.05, 3.63) is 17.8 Å². The highest BCUT2D eigenvalue weighted by atomic mass is 16.3. The van der Waals surface area contributed by atoms with E-state index < -0.39 is 0 Å². The van der Waals surface area contributed by atoms with Crippen molar-refractivity contribution in [2.45, 2.75) is 38.0 Å². The fourth-order valence-electron chi connectivity index (χ4n) is 1.97. The molecule has 0 atom stereocenters. The SMILES string of the molecule is NCCc1nc(C2CCCC2)co1. The van der Waals surface area contributed by atoms with Gasteiger partial charge in [-0.25, -0.2) is 4.98 Å². The number of rotatable bonds is 3. The molecular formula is C10H16N2O. The summed E-state index contributed by atoms with van der Waals surface area (Å²) >= 11 is 0. The average molecular weight is 180 g/mol. The lowest BCUT2D eigenvalue weighted by Crippen LogP contribution is -2.03. The Morgan fingerprint density at radius 1 is 1.46 bits per heavy atom. The van der Waals surface area contributed by atoms with Gasteiger partial charge in [-0.15, -0.1) is 0 Å². The molecule has 2 N–H and O–H groups in total. The van der Waals surface area contributed by atoms with E-state index in [1.165, 1.54) is 25.7 Å². The summed E-state index contributed by atoms with van der Waals surface area (Å²) in [4.78, 5) is 4.44. The third kappa shape index (κ3) is 1.91. The topological polar surface area (TPSA) is 52.0 Å². The molecule has 1 saturated carbocycles. The highest BCUT2D eigenvalue weighted by Crippen LogP contribution is 2.33. The molecule has 1 fully saturated rings. The zero-order valence-electron chi connectivity index (χ0n) is 7.83. The molecule has 0 aromatic carbocycles. The van der Waals surface area contributed by atoms with E-state index in [0.717, 1.165) is 18.0 Å². The van der Waals surface area contributed by atoms with Crippen molar-refractivity contribution in [2.24, 2.45) is 5.73 Å². The predicted molar refractivity (Wildman–Crippen MR) is 50.5 cm³/mol. The van der Waals surface area contributed by atoms with E-state index in [9.17, 15) is 0 Å². The van der Waals surface area contributed by atoms with Gasteiger partial charge in [0, 0.05) is 18.9 Å². The smallest absolute Gasteiger partial charge is 0.195 e. The first kappa shape index (κ1) is 8.75. The second-order valence-electron chi connectivity index (χ2n) is 3.69. The molecule has 0 radical (unpaired) electrons. The van der Waals surface area contributed by atoms with Gasteiger partial charge in [0.2, 0.25) is 0 Å². The third-order valence-electron chi connectivity index (χ3n) is 2.70. The average Bonchev–Trinajstić information content (AvgIpc) is 2.70. The highest BCUT2D eigenvalue weighted by molar-refractivity contribution is 5.06. The van der Waals surface area contributed by atoms with E-state index in [-0.39, 0.29) is 0 Å². The first-order valence-electron chi connectivity index (χ1n) is 5.04. The summed E-state index contributed by atoms with van der Waals surface area (Å²) in [6.45, 7) is 0.616. The van der Waals surface area contributed by atoms with Crippen LogP contribution in [0.5, 0.6) is 0 Å². The molecule has 0 bridgehead atoms. The van der Waals surface area contributed by atoms with Gasteiger partial charge in [-0.3, -0.25) is 0 Å². The molecule has 1 aromatic heterocycles. The van der Waals surface area contributed by atoms with Crippen LogP contribution in [0, 0.1) is 0 Å². The second-order valence-corrected chi connectivity index (χ2v) is 3.69. The Labute approximate surface area is 78.3 Å². The van der Waals surface area contributed by atoms with Crippen LogP contribution in [0.4, 0.5) is 0 Å². The Hall–Kier alpha value is -0.830. The summed E-state index contributed by atoms with van der Waals surface area (Å²) in [6.07, 6.45) is 7.78. The highest BCUT2D eigenvalue weighted by Gasteiger charge is 2.20. The van der Waals surface area contributed by atoms with Gasteiger partial charge in [0.05, 0.1) is 5.69 Å². The van der Waals surface area contributed by atoms with E-state index >= 15 is 0 Å². The van der Waals surface area contributed by atoms with Crippen molar-refractivity contribution in [1.82, 2.24) is 4.98 Å². The maximum atomic E-state index is 5.42. The van der Waals surface area contributed by atoms with Crippen molar-refractivity contribution in [3.8, 4) is 0 Å². The molecule has 1 aliphatic carbocycles. The molecule has 0 unspecified atom stereocenters. The molecule has 1 aliphatic rings. The van der Waals surface area contributed by atoms with Crippen LogP contribution in [0.15, 0.2) is 10.7 Å². The minimum Gasteiger partial charge on any atom is -0.449 e. The van der Waals surface area contributed by atoms with Crippen LogP contribution in [-0.2, 0) is 6.42 Å². The van der Waals surface area contributed by atoms with Crippen molar-refractivity contribution in [2.75, 3.05) is 6.54 Å². The van der Waals surface area contributed by atoms with Crippen LogP contribution >= 0.6 is 0 Å². The molecule has 3 heteroatoms. The Morgan fingerprint density at radius 2 is 2.23 bits per heavy atom. The Kier molecular flexibility index (Phi) is 2.64. The second kappa shape index (κ2) is 3.92. The molecule has 2 rings (SSSR count). The van der Waals surface area contributed by atoms with Gasteiger partial charge in [0.25, 0.3) is 0 Å². The summed E-state index contributed by atoms with van der Waals surface area (Å²) < 4.78 is 5.33. The van der Waals surface area contributed by atoms with Crippen LogP contribution < -0.4 is 5.73 Å². The monoisotopic (exact) mass is 180 g/mol. The van der Waals surface area contributed by atoms with E-state index in [1.54, 1.807) is 6.26 Å². The van der Waals surface area contributed by atoms with Crippen LogP contribution in [0.1, 0.15) is 43.2 Å². The molecule has 1 aromatic rings. The molecule has 3 nitrogen and oxygen atoms in total. The first-order chi connectivity index (χ1) is 6.40. The molecule has 0 amide bonds. The normalized spacial score (nSPS) is 18.2. The van der Waals surface area contributed by atoms with Crippen LogP contribution in [-0.4, -0.2) is 11.5 Å². The predicted octanol–water partition coefficient (Wildman–Crippen LogP) is 1.83. The van der Waals surface area contributed by atoms with Gasteiger partial charge in [-0.1, -0.05) is 12.8 Å². The van der Waals surface area contributed by atoms with Crippen molar-refractivity contribution >= 4 is 0 Å². The van der Waals surface area contributed by atoms with Crippen LogP contribution in [0.25, 0.3) is 0 Å². The largest absolute Gasteiger partial charge is 0.449 e. The number of nitrogens with two attached hydrogens (primary N) is 1. The first-order valence-corrected chi connectivity index (χ1v) is 5.04. The summed E-state index contributed by atoms with van der Waals surface area (Å²) in [5, 5.41) is 0. The van der Waals surface area contributed by atoms with Gasteiger partial charge < -0.3 is 10.2 Å². The maximum absolute atomic E-state index is 5.42. The number of aromatic nitrogens is 1. The fourth-order valence-corrected chi connectivity index (χ4v) is 1.97. The van der Waals surface area contributed by atoms with Gasteiger partial charge >= 0.3 is 0 Å². The van der Waals surface area contributed by atoms with Crippen LogP contribution in [0.3, 0.4) is 0 Å². The molecule has 0 spiro atoms. The Morgan fingerprint density at radius 3 is 2.92 bits per heavy atom. The van der Waals surface area contributed by atoms with Crippen molar-refractivity contribution < 1.29 is 4.42 Å². The number of hydrogen-bond acceptors (Lipinski definition) is 3. The zero-order chi connectivity index (χ0) is 9.10. The van der Waals surface area contributed by atoms with Gasteiger partial charge in [0.1, 0.15) is 6.26 Å². The number of hydrogen-bond donors (Lipinski definition) is 1. The molecule has 13 heavy (non-hydrogen) atoms. The van der Waals surface area contributed by atoms with Gasteiger partial charge in [-0.2, -0.15) is 0 Å². The summed E-state index contributed by atoms with van der Waals surface area (Å²) in [6, 6.07) is 0. The molecule has 1 heterocycles. The maximum Gasteiger partial charge on any atom is 0.195 e. The third-order valence-corrected chi connectivity index (χ3v) is 2.70. The standard InChI is InChI=1S/C10H16N2O/c11-6-5-10-12-9(7-13-10)8-3-1-2-4-8/h7-8H,1-6,11H2. The van der Waals surface area contributed by atoms with Crippen molar-refractivity contribution in [3.63, 3.8) is 0 Å². The van der Waals surface area contributed by atoms with E-state index in [2.05, 4.69) is 4.98 Å². The molecule has 0 saturated heterocycles. The lowest BCUT2D eigenvalue weighted by molar-refractivity contribution is 0.495. The fraction of sp³-hybridized carbons (Fsp3) is 0.700. The minimum absolute atomic E-state index is 0.616. The summed E-state index contributed by atoms with van der Waals surface area (Å²) in [5.41, 5.74) is 6.56. The number of nitrogens with zero attached hydrogens (tertiary/aromatic N) is 1. The number of oxazole rings is 1. The Balaban J connectivity index is 2.03. The molecule has 72 valence electrons.